The Labute approximate surface area is 134 Å². The minimum absolute atomic E-state index is 0.0695. The number of aliphatic carboxylic acids is 1. The summed E-state index contributed by atoms with van der Waals surface area (Å²) in [5.74, 6) is -1.49. The Morgan fingerprint density at radius 2 is 1.96 bits per heavy atom. The number of carboxylic acids is 1. The summed E-state index contributed by atoms with van der Waals surface area (Å²) >= 11 is 0. The van der Waals surface area contributed by atoms with E-state index in [4.69, 9.17) is 0 Å². The molecule has 1 atom stereocenters. The first-order valence-corrected chi connectivity index (χ1v) is 8.24. The molecule has 1 fully saturated rings. The summed E-state index contributed by atoms with van der Waals surface area (Å²) in [5, 5.41) is 9.46. The zero-order valence-electron chi connectivity index (χ0n) is 13.4. The summed E-state index contributed by atoms with van der Waals surface area (Å²) in [6, 6.07) is 1.68. The number of H-pyrrole nitrogens is 1. The van der Waals surface area contributed by atoms with Gasteiger partial charge in [-0.3, -0.25) is 9.59 Å². The molecule has 1 aromatic heterocycles. The van der Waals surface area contributed by atoms with Crippen LogP contribution in [0.3, 0.4) is 0 Å². The number of aromatic amines is 1. The average Bonchev–Trinajstić information content (AvgIpc) is 2.77. The number of nitrogens with zero attached hydrogens (tertiary/aromatic N) is 1. The van der Waals surface area contributed by atoms with E-state index in [-0.39, 0.29) is 5.56 Å². The number of fused-ring (bicyclic) bond motifs is 1. The summed E-state index contributed by atoms with van der Waals surface area (Å²) in [6.07, 6.45) is 5.93. The molecule has 0 saturated carbocycles. The van der Waals surface area contributed by atoms with Gasteiger partial charge in [0.05, 0.1) is 0 Å². The SMILES string of the molecule is CC1(C(=O)O)CCCN1C(=O)c1cc2c([nH]c1=O)CCCCC2. The standard InChI is InChI=1S/C17H22N2O4/c1-17(16(22)23)8-5-9-19(17)15(21)12-10-11-6-3-2-4-7-13(11)18-14(12)20/h10H,2-9H2,1H3,(H,18,20)(H,22,23). The molecule has 1 saturated heterocycles. The summed E-state index contributed by atoms with van der Waals surface area (Å²) in [7, 11) is 0. The maximum Gasteiger partial charge on any atom is 0.329 e. The number of amides is 1. The molecule has 2 heterocycles. The maximum atomic E-state index is 12.8. The number of nitrogens with one attached hydrogen (secondary N) is 1. The van der Waals surface area contributed by atoms with Crippen molar-refractivity contribution >= 4 is 11.9 Å². The monoisotopic (exact) mass is 318 g/mol. The Hall–Kier alpha value is -2.11. The highest BCUT2D eigenvalue weighted by atomic mass is 16.4. The molecule has 23 heavy (non-hydrogen) atoms. The van der Waals surface area contributed by atoms with Crippen molar-refractivity contribution in [2.75, 3.05) is 6.54 Å². The predicted octanol–water partition coefficient (Wildman–Crippen LogP) is 1.72. The number of carbonyl (C=O) groups excluding carboxylic acids is 1. The van der Waals surface area contributed by atoms with E-state index in [1.165, 1.54) is 4.90 Å². The Morgan fingerprint density at radius 1 is 1.22 bits per heavy atom. The van der Waals surface area contributed by atoms with Gasteiger partial charge in [0.1, 0.15) is 11.1 Å². The molecule has 124 valence electrons. The van der Waals surface area contributed by atoms with Crippen LogP contribution in [0, 0.1) is 0 Å². The van der Waals surface area contributed by atoms with E-state index in [0.717, 1.165) is 43.4 Å². The highest BCUT2D eigenvalue weighted by molar-refractivity contribution is 5.98. The van der Waals surface area contributed by atoms with Crippen LogP contribution in [0.25, 0.3) is 0 Å². The second-order valence-electron chi connectivity index (χ2n) is 6.72. The van der Waals surface area contributed by atoms with Crippen LogP contribution in [0.2, 0.25) is 0 Å². The molecule has 1 aliphatic carbocycles. The van der Waals surface area contributed by atoms with Gasteiger partial charge in [0, 0.05) is 12.2 Å². The van der Waals surface area contributed by atoms with Crippen LogP contribution in [-0.4, -0.2) is 39.0 Å². The van der Waals surface area contributed by atoms with Gasteiger partial charge in [0.2, 0.25) is 0 Å². The number of carbonyl (C=O) groups is 2. The van der Waals surface area contributed by atoms with Crippen LogP contribution < -0.4 is 5.56 Å². The lowest BCUT2D eigenvalue weighted by Gasteiger charge is -2.31. The van der Waals surface area contributed by atoms with Crippen molar-refractivity contribution in [1.82, 2.24) is 9.88 Å². The van der Waals surface area contributed by atoms with E-state index in [1.54, 1.807) is 13.0 Å². The van der Waals surface area contributed by atoms with E-state index in [2.05, 4.69) is 4.98 Å². The fourth-order valence-electron chi connectivity index (χ4n) is 3.67. The van der Waals surface area contributed by atoms with Gasteiger partial charge in [-0.1, -0.05) is 6.42 Å². The van der Waals surface area contributed by atoms with Gasteiger partial charge in [-0.05, 0) is 57.1 Å². The van der Waals surface area contributed by atoms with E-state index >= 15 is 0 Å². The first-order chi connectivity index (χ1) is 10.9. The van der Waals surface area contributed by atoms with Crippen LogP contribution in [0.15, 0.2) is 10.9 Å². The first-order valence-electron chi connectivity index (χ1n) is 8.24. The van der Waals surface area contributed by atoms with Crippen molar-refractivity contribution in [3.05, 3.63) is 33.2 Å². The highest BCUT2D eigenvalue weighted by Gasteiger charge is 2.46. The maximum absolute atomic E-state index is 12.8. The van der Waals surface area contributed by atoms with E-state index in [9.17, 15) is 19.5 Å². The second kappa shape index (κ2) is 5.83. The second-order valence-corrected chi connectivity index (χ2v) is 6.72. The molecule has 6 nitrogen and oxygen atoms in total. The van der Waals surface area contributed by atoms with E-state index in [0.29, 0.717) is 19.4 Å². The van der Waals surface area contributed by atoms with Crippen LogP contribution in [-0.2, 0) is 17.6 Å². The predicted molar refractivity (Wildman–Crippen MR) is 84.6 cm³/mol. The number of hydrogen-bond donors (Lipinski definition) is 2. The Bertz CT molecular complexity index is 709. The van der Waals surface area contributed by atoms with Crippen molar-refractivity contribution in [3.63, 3.8) is 0 Å². The molecule has 6 heteroatoms. The van der Waals surface area contributed by atoms with Gasteiger partial charge in [-0.15, -0.1) is 0 Å². The van der Waals surface area contributed by atoms with E-state index in [1.807, 2.05) is 0 Å². The summed E-state index contributed by atoms with van der Waals surface area (Å²) in [6.45, 7) is 1.93. The average molecular weight is 318 g/mol. The molecule has 0 radical (unpaired) electrons. The van der Waals surface area contributed by atoms with Crippen molar-refractivity contribution < 1.29 is 14.7 Å². The number of likely N-dealkylation sites (tertiary alicyclic amines) is 1. The summed E-state index contributed by atoms with van der Waals surface area (Å²) in [4.78, 5) is 40.9. The third-order valence-electron chi connectivity index (χ3n) is 5.17. The third kappa shape index (κ3) is 2.66. The molecular weight excluding hydrogens is 296 g/mol. The number of carboxylic acid groups (broad SMARTS) is 1. The number of hydrogen-bond acceptors (Lipinski definition) is 3. The molecule has 2 N–H and O–H groups in total. The summed E-state index contributed by atoms with van der Waals surface area (Å²) in [5.41, 5.74) is 0.375. The molecule has 1 aliphatic heterocycles. The van der Waals surface area contributed by atoms with Crippen LogP contribution in [0.4, 0.5) is 0 Å². The zero-order valence-corrected chi connectivity index (χ0v) is 13.4. The molecule has 1 unspecified atom stereocenters. The lowest BCUT2D eigenvalue weighted by atomic mass is 9.98. The normalized spacial score (nSPS) is 24.1. The molecule has 3 rings (SSSR count). The quantitative estimate of drug-likeness (QED) is 0.812. The van der Waals surface area contributed by atoms with Gasteiger partial charge < -0.3 is 15.0 Å². The van der Waals surface area contributed by atoms with Crippen LogP contribution in [0.5, 0.6) is 0 Å². The van der Waals surface area contributed by atoms with Crippen molar-refractivity contribution in [2.45, 2.75) is 57.4 Å². The Balaban J connectivity index is 1.98. The number of aromatic nitrogens is 1. The molecule has 0 spiro atoms. The number of rotatable bonds is 2. The molecule has 0 bridgehead atoms. The fraction of sp³-hybridized carbons (Fsp3) is 0.588. The number of pyridine rings is 1. The lowest BCUT2D eigenvalue weighted by Crippen LogP contribution is -2.51. The molecular formula is C17H22N2O4. The van der Waals surface area contributed by atoms with Gasteiger partial charge in [0.25, 0.3) is 11.5 Å². The number of aryl methyl sites for hydroxylation is 2. The largest absolute Gasteiger partial charge is 0.480 e. The van der Waals surface area contributed by atoms with Crippen LogP contribution in [0.1, 0.15) is 60.6 Å². The Kier molecular flexibility index (Phi) is 4.00. The summed E-state index contributed by atoms with van der Waals surface area (Å²) < 4.78 is 0. The Morgan fingerprint density at radius 3 is 2.70 bits per heavy atom. The van der Waals surface area contributed by atoms with Crippen molar-refractivity contribution in [2.24, 2.45) is 0 Å². The van der Waals surface area contributed by atoms with Gasteiger partial charge in [0.15, 0.2) is 0 Å². The van der Waals surface area contributed by atoms with Crippen molar-refractivity contribution in [1.29, 1.82) is 0 Å². The first kappa shape index (κ1) is 15.8. The van der Waals surface area contributed by atoms with Gasteiger partial charge in [-0.2, -0.15) is 0 Å². The zero-order chi connectivity index (χ0) is 16.6. The lowest BCUT2D eigenvalue weighted by molar-refractivity contribution is -0.147. The minimum atomic E-state index is -1.23. The minimum Gasteiger partial charge on any atom is -0.480 e. The third-order valence-corrected chi connectivity index (χ3v) is 5.17. The smallest absolute Gasteiger partial charge is 0.329 e. The van der Waals surface area contributed by atoms with Crippen LogP contribution >= 0.6 is 0 Å². The van der Waals surface area contributed by atoms with Gasteiger partial charge in [-0.25, -0.2) is 4.79 Å². The molecule has 1 amide bonds. The fourth-order valence-corrected chi connectivity index (χ4v) is 3.67. The molecule has 1 aromatic rings. The molecule has 2 aliphatic rings. The van der Waals surface area contributed by atoms with Gasteiger partial charge >= 0.3 is 5.97 Å². The molecule has 0 aromatic carbocycles. The highest BCUT2D eigenvalue weighted by Crippen LogP contribution is 2.30. The van der Waals surface area contributed by atoms with Crippen molar-refractivity contribution in [3.8, 4) is 0 Å². The van der Waals surface area contributed by atoms with E-state index < -0.39 is 23.0 Å². The topological polar surface area (TPSA) is 90.5 Å².